The van der Waals surface area contributed by atoms with Gasteiger partial charge in [-0.1, -0.05) is 31.0 Å². The summed E-state index contributed by atoms with van der Waals surface area (Å²) in [4.78, 5) is 0. The molecule has 0 amide bonds. The monoisotopic (exact) mass is 221 g/mol. The van der Waals surface area contributed by atoms with Crippen molar-refractivity contribution in [3.05, 3.63) is 30.3 Å². The van der Waals surface area contributed by atoms with Crippen LogP contribution in [0.25, 0.3) is 0 Å². The molecule has 0 aliphatic heterocycles. The van der Waals surface area contributed by atoms with Crippen molar-refractivity contribution in [3.63, 3.8) is 0 Å². The molecule has 90 valence electrons. The molecule has 1 N–H and O–H groups in total. The molecule has 0 saturated heterocycles. The minimum Gasteiger partial charge on any atom is -0.385 e. The van der Waals surface area contributed by atoms with Crippen molar-refractivity contribution in [2.24, 2.45) is 0 Å². The van der Waals surface area contributed by atoms with Crippen LogP contribution in [0.15, 0.2) is 30.3 Å². The summed E-state index contributed by atoms with van der Waals surface area (Å²) in [5, 5.41) is 3.42. The lowest BCUT2D eigenvalue weighted by molar-refractivity contribution is 0.143. The van der Waals surface area contributed by atoms with Crippen LogP contribution in [-0.4, -0.2) is 19.8 Å². The predicted octanol–water partition coefficient (Wildman–Crippen LogP) is 3.70. The van der Waals surface area contributed by atoms with Gasteiger partial charge in [-0.2, -0.15) is 0 Å². The molecule has 0 aliphatic carbocycles. The Bertz CT molecular complexity index is 248. The Morgan fingerprint density at radius 1 is 1.00 bits per heavy atom. The fourth-order valence-electron chi connectivity index (χ4n) is 1.62. The molecule has 0 bridgehead atoms. The van der Waals surface area contributed by atoms with Gasteiger partial charge in [0.05, 0.1) is 0 Å². The zero-order valence-corrected chi connectivity index (χ0v) is 10.2. The average molecular weight is 221 g/mol. The van der Waals surface area contributed by atoms with E-state index in [1.807, 2.05) is 13.0 Å². The summed E-state index contributed by atoms with van der Waals surface area (Å²) in [5.74, 6) is 0. The minimum atomic E-state index is 0.843. The van der Waals surface area contributed by atoms with E-state index in [0.29, 0.717) is 0 Å². The molecule has 0 aromatic heterocycles. The maximum Gasteiger partial charge on any atom is 0.0465 e. The zero-order chi connectivity index (χ0) is 11.5. The number of nitrogens with one attached hydrogen (secondary N) is 1. The maximum atomic E-state index is 5.29. The molecule has 1 aromatic rings. The molecule has 0 fully saturated rings. The second-order valence-electron chi connectivity index (χ2n) is 3.90. The highest BCUT2D eigenvalue weighted by atomic mass is 16.5. The Kier molecular flexibility index (Phi) is 7.52. The largest absolute Gasteiger partial charge is 0.385 e. The summed E-state index contributed by atoms with van der Waals surface area (Å²) in [5.41, 5.74) is 1.22. The van der Waals surface area contributed by atoms with Crippen molar-refractivity contribution < 1.29 is 4.74 Å². The van der Waals surface area contributed by atoms with Crippen LogP contribution in [0.3, 0.4) is 0 Å². The van der Waals surface area contributed by atoms with Gasteiger partial charge in [0, 0.05) is 25.4 Å². The summed E-state index contributed by atoms with van der Waals surface area (Å²) in [6, 6.07) is 10.4. The van der Waals surface area contributed by atoms with Crippen molar-refractivity contribution in [1.29, 1.82) is 0 Å². The van der Waals surface area contributed by atoms with Gasteiger partial charge in [-0.3, -0.25) is 0 Å². The molecule has 0 radical (unpaired) electrons. The third kappa shape index (κ3) is 6.46. The van der Waals surface area contributed by atoms with Gasteiger partial charge in [-0.05, 0) is 31.9 Å². The topological polar surface area (TPSA) is 21.3 Å². The molecule has 0 aliphatic rings. The molecular weight excluding hydrogens is 198 g/mol. The first kappa shape index (κ1) is 13.0. The number of ether oxygens (including phenoxy) is 1. The summed E-state index contributed by atoms with van der Waals surface area (Å²) in [6.07, 6.45) is 4.99. The van der Waals surface area contributed by atoms with Crippen LogP contribution in [0, 0.1) is 0 Å². The highest BCUT2D eigenvalue weighted by Gasteiger charge is 1.91. The predicted molar refractivity (Wildman–Crippen MR) is 69.9 cm³/mol. The molecule has 16 heavy (non-hydrogen) atoms. The van der Waals surface area contributed by atoms with E-state index >= 15 is 0 Å². The lowest BCUT2D eigenvalue weighted by atomic mass is 10.2. The van der Waals surface area contributed by atoms with E-state index in [1.54, 1.807) is 0 Å². The van der Waals surface area contributed by atoms with Crippen LogP contribution in [0.2, 0.25) is 0 Å². The first-order valence-electron chi connectivity index (χ1n) is 6.30. The summed E-state index contributed by atoms with van der Waals surface area (Å²) in [7, 11) is 0. The smallest absolute Gasteiger partial charge is 0.0465 e. The van der Waals surface area contributed by atoms with Crippen molar-refractivity contribution in [2.75, 3.05) is 25.1 Å². The molecule has 0 saturated carbocycles. The first-order chi connectivity index (χ1) is 7.93. The Morgan fingerprint density at radius 3 is 2.50 bits per heavy atom. The molecule has 0 unspecified atom stereocenters. The van der Waals surface area contributed by atoms with Crippen molar-refractivity contribution in [2.45, 2.75) is 32.6 Å². The van der Waals surface area contributed by atoms with Gasteiger partial charge in [0.2, 0.25) is 0 Å². The number of unbranched alkanes of at least 4 members (excludes halogenated alkanes) is 3. The number of anilines is 1. The lowest BCUT2D eigenvalue weighted by Gasteiger charge is -2.05. The van der Waals surface area contributed by atoms with E-state index in [9.17, 15) is 0 Å². The van der Waals surface area contributed by atoms with E-state index in [4.69, 9.17) is 4.74 Å². The van der Waals surface area contributed by atoms with Crippen LogP contribution in [0.1, 0.15) is 32.6 Å². The number of para-hydroxylation sites is 1. The molecule has 2 heteroatoms. The zero-order valence-electron chi connectivity index (χ0n) is 10.2. The summed E-state index contributed by atoms with van der Waals surface area (Å²) in [6.45, 7) is 4.88. The second-order valence-corrected chi connectivity index (χ2v) is 3.90. The fourth-order valence-corrected chi connectivity index (χ4v) is 1.62. The van der Waals surface area contributed by atoms with Gasteiger partial charge in [0.15, 0.2) is 0 Å². The van der Waals surface area contributed by atoms with Crippen LogP contribution in [-0.2, 0) is 4.74 Å². The van der Waals surface area contributed by atoms with Crippen LogP contribution in [0.5, 0.6) is 0 Å². The minimum absolute atomic E-state index is 0.843. The Hall–Kier alpha value is -1.02. The van der Waals surface area contributed by atoms with Gasteiger partial charge in [-0.25, -0.2) is 0 Å². The third-order valence-electron chi connectivity index (χ3n) is 2.52. The van der Waals surface area contributed by atoms with Crippen LogP contribution >= 0.6 is 0 Å². The quantitative estimate of drug-likeness (QED) is 0.642. The summed E-state index contributed by atoms with van der Waals surface area (Å²) >= 11 is 0. The Labute approximate surface area is 99.0 Å². The number of rotatable bonds is 9. The molecule has 1 aromatic carbocycles. The average Bonchev–Trinajstić information content (AvgIpc) is 2.34. The number of benzene rings is 1. The highest BCUT2D eigenvalue weighted by Crippen LogP contribution is 2.06. The molecule has 2 nitrogen and oxygen atoms in total. The Morgan fingerprint density at radius 2 is 1.75 bits per heavy atom. The highest BCUT2D eigenvalue weighted by molar-refractivity contribution is 5.42. The lowest BCUT2D eigenvalue weighted by Crippen LogP contribution is -2.01. The van der Waals surface area contributed by atoms with Crippen LogP contribution < -0.4 is 5.32 Å². The van der Waals surface area contributed by atoms with Gasteiger partial charge in [0.1, 0.15) is 0 Å². The Balaban J connectivity index is 1.89. The van der Waals surface area contributed by atoms with Crippen molar-refractivity contribution >= 4 is 5.69 Å². The normalized spacial score (nSPS) is 10.3. The standard InChI is InChI=1S/C14H23NO/c1-2-16-13-9-4-3-8-12-15-14-10-6-5-7-11-14/h5-7,10-11,15H,2-4,8-9,12-13H2,1H3. The molecule has 0 spiro atoms. The van der Waals surface area contributed by atoms with E-state index in [2.05, 4.69) is 29.6 Å². The number of hydrogen-bond acceptors (Lipinski definition) is 2. The number of hydrogen-bond donors (Lipinski definition) is 1. The van der Waals surface area contributed by atoms with Gasteiger partial charge < -0.3 is 10.1 Å². The van der Waals surface area contributed by atoms with E-state index in [1.165, 1.54) is 31.4 Å². The van der Waals surface area contributed by atoms with Gasteiger partial charge >= 0.3 is 0 Å². The van der Waals surface area contributed by atoms with Crippen LogP contribution in [0.4, 0.5) is 5.69 Å². The van der Waals surface area contributed by atoms with Gasteiger partial charge in [0.25, 0.3) is 0 Å². The SMILES string of the molecule is CCOCCCCCCNc1ccccc1. The van der Waals surface area contributed by atoms with E-state index in [-0.39, 0.29) is 0 Å². The second kappa shape index (κ2) is 9.22. The molecule has 0 heterocycles. The maximum absolute atomic E-state index is 5.29. The van der Waals surface area contributed by atoms with E-state index < -0.39 is 0 Å². The first-order valence-corrected chi connectivity index (χ1v) is 6.30. The summed E-state index contributed by atoms with van der Waals surface area (Å²) < 4.78 is 5.29. The van der Waals surface area contributed by atoms with Crippen molar-refractivity contribution in [1.82, 2.24) is 0 Å². The molecular formula is C14H23NO. The van der Waals surface area contributed by atoms with Gasteiger partial charge in [-0.15, -0.1) is 0 Å². The molecule has 0 atom stereocenters. The van der Waals surface area contributed by atoms with Crippen molar-refractivity contribution in [3.8, 4) is 0 Å². The van der Waals surface area contributed by atoms with E-state index in [0.717, 1.165) is 19.8 Å². The third-order valence-corrected chi connectivity index (χ3v) is 2.52. The molecule has 1 rings (SSSR count). The fraction of sp³-hybridized carbons (Fsp3) is 0.571.